The molecule has 1 aromatic carbocycles. The fraction of sp³-hybridized carbons (Fsp3) is 0.333. The molecule has 1 aromatic heterocycles. The second-order valence-electron chi connectivity index (χ2n) is 7.96. The van der Waals surface area contributed by atoms with Crippen LogP contribution in [-0.2, 0) is 4.79 Å². The van der Waals surface area contributed by atoms with Crippen molar-refractivity contribution in [3.05, 3.63) is 58.7 Å². The van der Waals surface area contributed by atoms with E-state index in [1.54, 1.807) is 18.2 Å². The van der Waals surface area contributed by atoms with E-state index < -0.39 is 5.91 Å². The molecule has 0 aliphatic carbocycles. The lowest BCUT2D eigenvalue weighted by molar-refractivity contribution is -0.114. The third-order valence-corrected chi connectivity index (χ3v) is 6.56. The highest BCUT2D eigenvalue weighted by Gasteiger charge is 2.35. The molecule has 1 amide bonds. The van der Waals surface area contributed by atoms with Crippen molar-refractivity contribution in [2.24, 2.45) is 10.1 Å². The summed E-state index contributed by atoms with van der Waals surface area (Å²) >= 11 is 1.38. The summed E-state index contributed by atoms with van der Waals surface area (Å²) < 4.78 is 15.3. The Morgan fingerprint density at radius 1 is 1.16 bits per heavy atom. The Balaban J connectivity index is 1.60. The van der Waals surface area contributed by atoms with Crippen LogP contribution in [0.2, 0.25) is 0 Å². The maximum Gasteiger partial charge on any atom is 0.283 e. The van der Waals surface area contributed by atoms with E-state index in [2.05, 4.69) is 17.0 Å². The van der Waals surface area contributed by atoms with Crippen LogP contribution in [0.1, 0.15) is 56.0 Å². The number of rotatable bonds is 7. The molecule has 0 atom stereocenters. The van der Waals surface area contributed by atoms with Gasteiger partial charge >= 0.3 is 0 Å². The summed E-state index contributed by atoms with van der Waals surface area (Å²) in [6.45, 7) is 6.07. The first-order valence-electron chi connectivity index (χ1n) is 10.8. The third kappa shape index (κ3) is 4.32. The average Bonchev–Trinajstić information content (AvgIpc) is 3.29. The number of hydrogen-bond donors (Lipinski definition) is 1. The second kappa shape index (κ2) is 9.24. The van der Waals surface area contributed by atoms with Crippen LogP contribution in [0.15, 0.2) is 46.0 Å². The van der Waals surface area contributed by atoms with Crippen LogP contribution in [0.4, 0.5) is 4.39 Å². The predicted molar refractivity (Wildman–Crippen MR) is 129 cm³/mol. The van der Waals surface area contributed by atoms with Crippen LogP contribution < -0.4 is 0 Å². The van der Waals surface area contributed by atoms with Gasteiger partial charge in [-0.3, -0.25) is 10.2 Å². The van der Waals surface area contributed by atoms with Crippen LogP contribution in [0.25, 0.3) is 11.8 Å². The van der Waals surface area contributed by atoms with Crippen molar-refractivity contribution in [2.45, 2.75) is 52.9 Å². The maximum atomic E-state index is 13.3. The van der Waals surface area contributed by atoms with Gasteiger partial charge in [0.25, 0.3) is 5.91 Å². The summed E-state index contributed by atoms with van der Waals surface area (Å²) in [5.74, 6) is -0.673. The van der Waals surface area contributed by atoms with Crippen molar-refractivity contribution in [1.29, 1.82) is 5.41 Å². The molecule has 8 heteroatoms. The summed E-state index contributed by atoms with van der Waals surface area (Å²) in [6, 6.07) is 8.23. The smallest absolute Gasteiger partial charge is 0.283 e. The lowest BCUT2D eigenvalue weighted by atomic mass is 10.1. The van der Waals surface area contributed by atoms with Crippen molar-refractivity contribution in [3.8, 4) is 5.69 Å². The number of unbranched alkanes of at least 4 members (excludes halogenated alkanes) is 3. The molecular weight excluding hydrogens is 425 g/mol. The minimum Gasteiger partial charge on any atom is -0.318 e. The second-order valence-corrected chi connectivity index (χ2v) is 9.00. The maximum absolute atomic E-state index is 13.3. The third-order valence-electron chi connectivity index (χ3n) is 5.60. The van der Waals surface area contributed by atoms with E-state index >= 15 is 0 Å². The van der Waals surface area contributed by atoms with Crippen molar-refractivity contribution < 1.29 is 9.18 Å². The number of aliphatic imine (C=N–C) groups is 1. The van der Waals surface area contributed by atoms with Gasteiger partial charge in [0.2, 0.25) is 5.17 Å². The van der Waals surface area contributed by atoms with E-state index in [1.807, 2.05) is 24.5 Å². The molecule has 0 saturated carbocycles. The number of amidine groups is 2. The van der Waals surface area contributed by atoms with E-state index in [9.17, 15) is 9.18 Å². The van der Waals surface area contributed by atoms with Gasteiger partial charge in [-0.15, -0.1) is 0 Å². The number of nitrogens with one attached hydrogen (secondary N) is 1. The van der Waals surface area contributed by atoms with Crippen molar-refractivity contribution in [1.82, 2.24) is 9.58 Å². The number of benzene rings is 1. The van der Waals surface area contributed by atoms with Crippen LogP contribution >= 0.6 is 11.8 Å². The molecule has 2 aliphatic heterocycles. The van der Waals surface area contributed by atoms with E-state index in [1.165, 1.54) is 41.7 Å². The normalized spacial score (nSPS) is 17.1. The number of fused-ring (bicyclic) bond motifs is 1. The fourth-order valence-corrected chi connectivity index (χ4v) is 4.84. The number of hydrogen-bond acceptors (Lipinski definition) is 4. The predicted octanol–water partition coefficient (Wildman–Crippen LogP) is 5.82. The molecule has 0 fully saturated rings. The number of nitrogens with zero attached hydrogens (tertiary/aromatic N) is 4. The number of halogens is 1. The zero-order valence-electron chi connectivity index (χ0n) is 18.5. The van der Waals surface area contributed by atoms with E-state index in [0.29, 0.717) is 5.17 Å². The number of carbonyl (C=O) groups is 1. The number of aryl methyl sites for hydroxylation is 1. The summed E-state index contributed by atoms with van der Waals surface area (Å²) in [6.07, 6.45) is 7.09. The van der Waals surface area contributed by atoms with Crippen LogP contribution in [0.5, 0.6) is 0 Å². The van der Waals surface area contributed by atoms with E-state index in [-0.39, 0.29) is 17.2 Å². The molecule has 3 heterocycles. The number of thioether (sulfide) groups is 1. The number of aromatic nitrogens is 1. The Morgan fingerprint density at radius 2 is 1.91 bits per heavy atom. The molecule has 6 nitrogen and oxygen atoms in total. The monoisotopic (exact) mass is 451 g/mol. The number of hydrazone groups is 1. The minimum absolute atomic E-state index is 0.0441. The van der Waals surface area contributed by atoms with Gasteiger partial charge in [0.15, 0.2) is 5.84 Å². The molecule has 32 heavy (non-hydrogen) atoms. The molecule has 2 aliphatic rings. The van der Waals surface area contributed by atoms with Gasteiger partial charge in [-0.1, -0.05) is 26.2 Å². The van der Waals surface area contributed by atoms with Crippen molar-refractivity contribution in [3.63, 3.8) is 0 Å². The topological polar surface area (TPSA) is 73.8 Å². The molecular formula is C24H26FN5OS. The Kier molecular flexibility index (Phi) is 6.41. The first-order valence-corrected chi connectivity index (χ1v) is 11.6. The SMILES string of the molecule is CCCCCCC1=NN2C(=N)/C(=C\c3cc(C)n(-c4ccc(F)cc4)c3C)C(=O)N=C2S1. The Hall–Kier alpha value is -3.00. The summed E-state index contributed by atoms with van der Waals surface area (Å²) in [7, 11) is 0. The van der Waals surface area contributed by atoms with E-state index in [4.69, 9.17) is 5.41 Å². The van der Waals surface area contributed by atoms with Crippen LogP contribution in [-0.4, -0.2) is 31.5 Å². The molecule has 0 radical (unpaired) electrons. The Morgan fingerprint density at radius 3 is 2.62 bits per heavy atom. The molecule has 1 N–H and O–H groups in total. The van der Waals surface area contributed by atoms with Crippen molar-refractivity contribution >= 4 is 39.8 Å². The first kappa shape index (κ1) is 22.2. The zero-order chi connectivity index (χ0) is 22.8. The highest BCUT2D eigenvalue weighted by Crippen LogP contribution is 2.31. The lowest BCUT2D eigenvalue weighted by Gasteiger charge is -2.20. The Labute approximate surface area is 191 Å². The van der Waals surface area contributed by atoms with E-state index in [0.717, 1.165) is 46.9 Å². The Bertz CT molecular complexity index is 1160. The van der Waals surface area contributed by atoms with Crippen LogP contribution in [0, 0.1) is 25.1 Å². The quantitative estimate of drug-likeness (QED) is 0.426. The van der Waals surface area contributed by atoms with Gasteiger partial charge < -0.3 is 4.57 Å². The first-order chi connectivity index (χ1) is 15.4. The average molecular weight is 452 g/mol. The van der Waals surface area contributed by atoms with Gasteiger partial charge in [-0.25, -0.2) is 4.39 Å². The number of amides is 1. The highest BCUT2D eigenvalue weighted by atomic mass is 32.2. The minimum atomic E-state index is -0.428. The highest BCUT2D eigenvalue weighted by molar-refractivity contribution is 8.26. The van der Waals surface area contributed by atoms with Gasteiger partial charge in [-0.2, -0.15) is 15.1 Å². The fourth-order valence-electron chi connectivity index (χ4n) is 3.91. The van der Waals surface area contributed by atoms with Crippen LogP contribution in [0.3, 0.4) is 0 Å². The van der Waals surface area contributed by atoms with Crippen molar-refractivity contribution in [2.75, 3.05) is 0 Å². The van der Waals surface area contributed by atoms with Gasteiger partial charge in [0.05, 0.1) is 5.57 Å². The molecule has 0 spiro atoms. The zero-order valence-corrected chi connectivity index (χ0v) is 19.3. The molecule has 0 unspecified atom stereocenters. The molecule has 2 aromatic rings. The largest absolute Gasteiger partial charge is 0.318 e. The molecule has 0 bridgehead atoms. The van der Waals surface area contributed by atoms with Gasteiger partial charge in [0, 0.05) is 17.1 Å². The van der Waals surface area contributed by atoms with Gasteiger partial charge in [0.1, 0.15) is 10.9 Å². The summed E-state index contributed by atoms with van der Waals surface area (Å²) in [5, 5.41) is 16.0. The molecule has 0 saturated heterocycles. The summed E-state index contributed by atoms with van der Waals surface area (Å²) in [4.78, 5) is 16.9. The molecule has 4 rings (SSSR count). The lowest BCUT2D eigenvalue weighted by Crippen LogP contribution is -2.35. The van der Waals surface area contributed by atoms with Gasteiger partial charge in [-0.05, 0) is 80.4 Å². The summed E-state index contributed by atoms with van der Waals surface area (Å²) in [5.41, 5.74) is 3.71. The molecule has 166 valence electrons. The standard InChI is InChI=1S/C24H26FN5OS/c1-4-5-6-7-8-21-28-30-22(26)20(23(31)27-24(30)32-21)14-17-13-15(2)29(16(17)3)19-11-9-18(25)10-12-19/h9-14,26H,4-8H2,1-3H3/b20-14+,26-22?. The number of carbonyl (C=O) groups excluding carboxylic acids is 1.